The minimum absolute atomic E-state index is 0.365. The van der Waals surface area contributed by atoms with Crippen LogP contribution in [0.15, 0.2) is 35.5 Å². The van der Waals surface area contributed by atoms with E-state index in [4.69, 9.17) is 5.73 Å². The molecule has 4 aliphatic rings. The number of fused-ring (bicyclic) bond motifs is 1. The highest BCUT2D eigenvalue weighted by atomic mass is 15.3. The zero-order valence-corrected chi connectivity index (χ0v) is 22.9. The number of nitrogen functional groups attached to an aromatic ring is 1. The Bertz CT molecular complexity index is 1140. The van der Waals surface area contributed by atoms with Crippen LogP contribution < -0.4 is 10.6 Å². The summed E-state index contributed by atoms with van der Waals surface area (Å²) in [5.41, 5.74) is 14.7. The smallest absolute Gasteiger partial charge is 0.222 e. The topological polar surface area (TPSA) is 61.5 Å². The molecule has 2 aliphatic heterocycles. The normalized spacial score (nSPS) is 21.9. The Morgan fingerprint density at radius 2 is 1.68 bits per heavy atom. The van der Waals surface area contributed by atoms with E-state index in [2.05, 4.69) is 62.9 Å². The van der Waals surface area contributed by atoms with Crippen LogP contribution in [0.4, 0.5) is 11.8 Å². The van der Waals surface area contributed by atoms with Gasteiger partial charge in [0.1, 0.15) is 5.82 Å². The van der Waals surface area contributed by atoms with E-state index < -0.39 is 0 Å². The lowest BCUT2D eigenvalue weighted by molar-refractivity contribution is 0.212. The lowest BCUT2D eigenvalue weighted by atomic mass is 9.75. The number of allylic oxidation sites excluding steroid dienone is 2. The van der Waals surface area contributed by atoms with E-state index in [-0.39, 0.29) is 0 Å². The van der Waals surface area contributed by atoms with Gasteiger partial charge in [0.05, 0.1) is 5.69 Å². The SMILES string of the molecule is CC(C(=C1CCC1)N1CCc2ccc(-c3cc(N4CCN(C)CC4)nc(N)n3)cc2C1)C1CCCCC1. The molecule has 1 aromatic carbocycles. The molecule has 6 rings (SSSR count). The summed E-state index contributed by atoms with van der Waals surface area (Å²) in [5, 5.41) is 0. The molecule has 0 radical (unpaired) electrons. The van der Waals surface area contributed by atoms with Gasteiger partial charge < -0.3 is 20.4 Å². The first-order valence-electron chi connectivity index (χ1n) is 14.7. The standard InChI is InChI=1S/C31H44N6/c1-22(23-7-4-3-5-8-23)30(25-9-6-10-25)37-14-13-24-11-12-26(19-27(24)21-37)28-20-29(34-31(32)33-28)36-17-15-35(2)16-18-36/h11-12,19-20,22-23H,3-10,13-18,21H2,1-2H3,(H2,32,33,34). The van der Waals surface area contributed by atoms with Crippen LogP contribution in [-0.4, -0.2) is 59.5 Å². The van der Waals surface area contributed by atoms with Gasteiger partial charge >= 0.3 is 0 Å². The van der Waals surface area contributed by atoms with Crippen LogP contribution in [-0.2, 0) is 13.0 Å². The van der Waals surface area contributed by atoms with Crippen LogP contribution in [0.2, 0.25) is 0 Å². The van der Waals surface area contributed by atoms with E-state index in [9.17, 15) is 0 Å². The lowest BCUT2D eigenvalue weighted by Gasteiger charge is -2.42. The molecule has 2 saturated carbocycles. The number of piperazine rings is 1. The molecule has 198 valence electrons. The third kappa shape index (κ3) is 5.22. The largest absolute Gasteiger partial charge is 0.370 e. The zero-order chi connectivity index (χ0) is 25.4. The first-order valence-corrected chi connectivity index (χ1v) is 14.7. The van der Waals surface area contributed by atoms with Gasteiger partial charge in [-0.1, -0.05) is 43.9 Å². The number of hydrogen-bond donors (Lipinski definition) is 1. The third-order valence-corrected chi connectivity index (χ3v) is 9.52. The molecule has 6 nitrogen and oxygen atoms in total. The Morgan fingerprint density at radius 1 is 0.892 bits per heavy atom. The molecule has 1 atom stereocenters. The van der Waals surface area contributed by atoms with Crippen molar-refractivity contribution < 1.29 is 0 Å². The average molecular weight is 501 g/mol. The highest BCUT2D eigenvalue weighted by Gasteiger charge is 2.31. The molecule has 6 heteroatoms. The number of anilines is 2. The number of aromatic nitrogens is 2. The molecule has 0 bridgehead atoms. The number of nitrogens with zero attached hydrogens (tertiary/aromatic N) is 5. The van der Waals surface area contributed by atoms with Crippen molar-refractivity contribution in [3.8, 4) is 11.3 Å². The second kappa shape index (κ2) is 10.6. The van der Waals surface area contributed by atoms with E-state index in [0.717, 1.165) is 68.7 Å². The Labute approximate surface area is 222 Å². The van der Waals surface area contributed by atoms with Crippen molar-refractivity contribution in [2.75, 3.05) is 50.4 Å². The molecule has 2 N–H and O–H groups in total. The quantitative estimate of drug-likeness (QED) is 0.586. The van der Waals surface area contributed by atoms with Gasteiger partial charge in [-0.15, -0.1) is 0 Å². The second-order valence-corrected chi connectivity index (χ2v) is 11.9. The summed E-state index contributed by atoms with van der Waals surface area (Å²) in [4.78, 5) is 16.7. The molecule has 1 aromatic heterocycles. The van der Waals surface area contributed by atoms with Crippen LogP contribution in [0.5, 0.6) is 0 Å². The summed E-state index contributed by atoms with van der Waals surface area (Å²) in [7, 11) is 2.18. The van der Waals surface area contributed by atoms with Crippen molar-refractivity contribution >= 4 is 11.8 Å². The second-order valence-electron chi connectivity index (χ2n) is 11.9. The minimum atomic E-state index is 0.365. The van der Waals surface area contributed by atoms with Gasteiger partial charge in [0.15, 0.2) is 0 Å². The fourth-order valence-corrected chi connectivity index (χ4v) is 7.02. The fourth-order valence-electron chi connectivity index (χ4n) is 7.02. The molecule has 3 heterocycles. The Hall–Kier alpha value is -2.60. The number of likely N-dealkylation sites (N-methyl/N-ethyl adjacent to an activating group) is 1. The van der Waals surface area contributed by atoms with Crippen molar-refractivity contribution in [3.63, 3.8) is 0 Å². The zero-order valence-electron chi connectivity index (χ0n) is 22.9. The summed E-state index contributed by atoms with van der Waals surface area (Å²) >= 11 is 0. The summed E-state index contributed by atoms with van der Waals surface area (Å²) in [6.45, 7) is 8.74. The van der Waals surface area contributed by atoms with E-state index in [0.29, 0.717) is 11.9 Å². The molecule has 1 saturated heterocycles. The molecule has 2 aromatic rings. The van der Waals surface area contributed by atoms with Gasteiger partial charge in [0.2, 0.25) is 5.95 Å². The van der Waals surface area contributed by atoms with Crippen LogP contribution in [0.25, 0.3) is 11.3 Å². The highest BCUT2D eigenvalue weighted by Crippen LogP contribution is 2.42. The van der Waals surface area contributed by atoms with Crippen molar-refractivity contribution in [3.05, 3.63) is 46.7 Å². The summed E-state index contributed by atoms with van der Waals surface area (Å²) in [6.07, 6.45) is 12.2. The van der Waals surface area contributed by atoms with Gasteiger partial charge in [-0.25, -0.2) is 4.98 Å². The monoisotopic (exact) mass is 500 g/mol. The van der Waals surface area contributed by atoms with Crippen LogP contribution in [0.1, 0.15) is 69.4 Å². The molecule has 37 heavy (non-hydrogen) atoms. The van der Waals surface area contributed by atoms with Crippen molar-refractivity contribution in [2.24, 2.45) is 11.8 Å². The average Bonchev–Trinajstić information content (AvgIpc) is 2.90. The van der Waals surface area contributed by atoms with Gasteiger partial charge in [-0.2, -0.15) is 4.98 Å². The van der Waals surface area contributed by atoms with Gasteiger partial charge in [-0.05, 0) is 74.6 Å². The molecule has 1 unspecified atom stereocenters. The minimum Gasteiger partial charge on any atom is -0.370 e. The van der Waals surface area contributed by atoms with Crippen molar-refractivity contribution in [1.82, 2.24) is 19.8 Å². The first kappa shape index (κ1) is 24.7. The predicted molar refractivity (Wildman–Crippen MR) is 152 cm³/mol. The van der Waals surface area contributed by atoms with E-state index in [1.807, 2.05) is 0 Å². The summed E-state index contributed by atoms with van der Waals surface area (Å²) in [5.74, 6) is 2.87. The van der Waals surface area contributed by atoms with Gasteiger partial charge in [-0.3, -0.25) is 0 Å². The molecular formula is C31H44N6. The molecule has 0 amide bonds. The summed E-state index contributed by atoms with van der Waals surface area (Å²) in [6, 6.07) is 9.08. The third-order valence-electron chi connectivity index (χ3n) is 9.52. The van der Waals surface area contributed by atoms with E-state index in [1.165, 1.54) is 62.5 Å². The Balaban J connectivity index is 1.25. The maximum atomic E-state index is 6.22. The van der Waals surface area contributed by atoms with E-state index in [1.54, 1.807) is 11.3 Å². The molecular weight excluding hydrogens is 456 g/mol. The van der Waals surface area contributed by atoms with Crippen molar-refractivity contribution in [1.29, 1.82) is 0 Å². The first-order chi connectivity index (χ1) is 18.0. The van der Waals surface area contributed by atoms with Crippen LogP contribution in [0, 0.1) is 11.8 Å². The maximum absolute atomic E-state index is 6.22. The Kier molecular flexibility index (Phi) is 7.11. The maximum Gasteiger partial charge on any atom is 0.222 e. The number of rotatable bonds is 5. The Morgan fingerprint density at radius 3 is 2.41 bits per heavy atom. The lowest BCUT2D eigenvalue weighted by Crippen LogP contribution is -2.44. The number of nitrogens with two attached hydrogens (primary N) is 1. The van der Waals surface area contributed by atoms with Crippen LogP contribution in [0.3, 0.4) is 0 Å². The fraction of sp³-hybridized carbons (Fsp3) is 0.613. The highest BCUT2D eigenvalue weighted by molar-refractivity contribution is 5.66. The summed E-state index contributed by atoms with van der Waals surface area (Å²) < 4.78 is 0. The van der Waals surface area contributed by atoms with Crippen molar-refractivity contribution in [2.45, 2.75) is 71.3 Å². The number of benzene rings is 1. The molecule has 3 fully saturated rings. The molecule has 0 spiro atoms. The van der Waals surface area contributed by atoms with Gasteiger partial charge in [0, 0.05) is 56.6 Å². The van der Waals surface area contributed by atoms with E-state index >= 15 is 0 Å². The predicted octanol–water partition coefficient (Wildman–Crippen LogP) is 5.49. The molecule has 2 aliphatic carbocycles. The van der Waals surface area contributed by atoms with Crippen LogP contribution >= 0.6 is 0 Å². The van der Waals surface area contributed by atoms with Gasteiger partial charge in [0.25, 0.3) is 0 Å². The number of hydrogen-bond acceptors (Lipinski definition) is 6.